The van der Waals surface area contributed by atoms with Gasteiger partial charge in [0.15, 0.2) is 13.1 Å². The molecule has 1 rings (SSSR count). The number of nitrogens with one attached hydrogen (secondary N) is 2. The fourth-order valence-corrected chi connectivity index (χ4v) is 2.44. The van der Waals surface area contributed by atoms with Gasteiger partial charge in [-0.15, -0.1) is 0 Å². The standard InChI is InChI=1S/C16H21ClF3N3O2/c1-4-23(5-2)15(25)10-22(3)9-14(24)21-13-8-11(16(18,19)20)6-7-12(13)17/h6-8H,4-5,9-10H2,1-3H3,(H,21,24)/p+1. The molecule has 1 unspecified atom stereocenters. The Morgan fingerprint density at radius 3 is 2.32 bits per heavy atom. The summed E-state index contributed by atoms with van der Waals surface area (Å²) in [4.78, 5) is 26.3. The van der Waals surface area contributed by atoms with Gasteiger partial charge >= 0.3 is 6.18 Å². The molecule has 2 amide bonds. The number of amides is 2. The van der Waals surface area contributed by atoms with Crippen LogP contribution in [0.15, 0.2) is 18.2 Å². The minimum Gasteiger partial charge on any atom is -0.338 e. The van der Waals surface area contributed by atoms with Crippen molar-refractivity contribution in [3.63, 3.8) is 0 Å². The van der Waals surface area contributed by atoms with Gasteiger partial charge < -0.3 is 15.1 Å². The van der Waals surface area contributed by atoms with Crippen LogP contribution >= 0.6 is 11.6 Å². The molecule has 2 N–H and O–H groups in total. The molecule has 0 aliphatic carbocycles. The molecule has 0 saturated carbocycles. The Labute approximate surface area is 149 Å². The lowest BCUT2D eigenvalue weighted by Gasteiger charge is -2.21. The number of halogens is 4. The number of anilines is 1. The zero-order valence-electron chi connectivity index (χ0n) is 14.3. The Balaban J connectivity index is 2.69. The van der Waals surface area contributed by atoms with E-state index in [0.29, 0.717) is 18.0 Å². The summed E-state index contributed by atoms with van der Waals surface area (Å²) in [6, 6.07) is 2.72. The molecule has 0 saturated heterocycles. The highest BCUT2D eigenvalue weighted by Gasteiger charge is 2.31. The molecule has 25 heavy (non-hydrogen) atoms. The van der Waals surface area contributed by atoms with Gasteiger partial charge in [0, 0.05) is 13.1 Å². The van der Waals surface area contributed by atoms with Crippen LogP contribution in [-0.2, 0) is 15.8 Å². The molecule has 0 heterocycles. The molecular formula is C16H22ClF3N3O2+. The minimum atomic E-state index is -4.53. The summed E-state index contributed by atoms with van der Waals surface area (Å²) in [7, 11) is 1.66. The molecule has 0 aliphatic heterocycles. The normalized spacial score (nSPS) is 12.6. The summed E-state index contributed by atoms with van der Waals surface area (Å²) < 4.78 is 38.2. The van der Waals surface area contributed by atoms with Crippen molar-refractivity contribution in [2.75, 3.05) is 38.5 Å². The molecule has 0 bridgehead atoms. The Morgan fingerprint density at radius 1 is 1.20 bits per heavy atom. The lowest BCUT2D eigenvalue weighted by molar-refractivity contribution is -0.862. The first-order valence-electron chi connectivity index (χ1n) is 7.84. The second-order valence-electron chi connectivity index (χ2n) is 5.62. The average Bonchev–Trinajstić information content (AvgIpc) is 2.49. The van der Waals surface area contributed by atoms with Gasteiger partial charge in [0.2, 0.25) is 0 Å². The van der Waals surface area contributed by atoms with Crippen molar-refractivity contribution >= 4 is 29.1 Å². The number of hydrogen-bond donors (Lipinski definition) is 2. The second-order valence-corrected chi connectivity index (χ2v) is 6.02. The van der Waals surface area contributed by atoms with Crippen molar-refractivity contribution in [1.29, 1.82) is 0 Å². The predicted molar refractivity (Wildman–Crippen MR) is 89.6 cm³/mol. The topological polar surface area (TPSA) is 53.9 Å². The van der Waals surface area contributed by atoms with E-state index in [4.69, 9.17) is 11.6 Å². The van der Waals surface area contributed by atoms with E-state index in [1.54, 1.807) is 11.9 Å². The number of carbonyl (C=O) groups excluding carboxylic acids is 2. The van der Waals surface area contributed by atoms with Crippen LogP contribution in [0.2, 0.25) is 5.02 Å². The maximum atomic E-state index is 12.7. The van der Waals surface area contributed by atoms with Crippen LogP contribution in [0.25, 0.3) is 0 Å². The van der Waals surface area contributed by atoms with E-state index < -0.39 is 17.6 Å². The van der Waals surface area contributed by atoms with E-state index in [0.717, 1.165) is 18.2 Å². The van der Waals surface area contributed by atoms with Crippen LogP contribution in [0.4, 0.5) is 18.9 Å². The first-order chi connectivity index (χ1) is 11.6. The van der Waals surface area contributed by atoms with Crippen LogP contribution in [0.5, 0.6) is 0 Å². The summed E-state index contributed by atoms with van der Waals surface area (Å²) in [5, 5.41) is 2.38. The quantitative estimate of drug-likeness (QED) is 0.756. The third kappa shape index (κ3) is 6.55. The van der Waals surface area contributed by atoms with Crippen LogP contribution < -0.4 is 10.2 Å². The smallest absolute Gasteiger partial charge is 0.338 e. The third-order valence-corrected chi connectivity index (χ3v) is 3.93. The second kappa shape index (κ2) is 9.05. The number of nitrogens with zero attached hydrogens (tertiary/aromatic N) is 1. The van der Waals surface area contributed by atoms with Gasteiger partial charge in [-0.1, -0.05) is 11.6 Å². The molecule has 1 atom stereocenters. The van der Waals surface area contributed by atoms with Gasteiger partial charge in [-0.2, -0.15) is 13.2 Å². The molecule has 140 valence electrons. The van der Waals surface area contributed by atoms with Gasteiger partial charge in [-0.25, -0.2) is 0 Å². The lowest BCUT2D eigenvalue weighted by atomic mass is 10.2. The first-order valence-corrected chi connectivity index (χ1v) is 8.21. The van der Waals surface area contributed by atoms with Crippen molar-refractivity contribution in [2.45, 2.75) is 20.0 Å². The Bertz CT molecular complexity index is 619. The highest BCUT2D eigenvalue weighted by Crippen LogP contribution is 2.33. The Hall–Kier alpha value is -1.80. The maximum absolute atomic E-state index is 12.7. The van der Waals surface area contributed by atoms with Crippen LogP contribution in [-0.4, -0.2) is 49.9 Å². The van der Waals surface area contributed by atoms with E-state index in [2.05, 4.69) is 5.32 Å². The van der Waals surface area contributed by atoms with Crippen molar-refractivity contribution in [3.05, 3.63) is 28.8 Å². The number of benzene rings is 1. The van der Waals surface area contributed by atoms with Crippen molar-refractivity contribution in [3.8, 4) is 0 Å². The molecule has 1 aromatic rings. The molecule has 0 fully saturated rings. The zero-order valence-corrected chi connectivity index (χ0v) is 15.1. The van der Waals surface area contributed by atoms with Gasteiger partial charge in [0.05, 0.1) is 23.3 Å². The summed E-state index contributed by atoms with van der Waals surface area (Å²) >= 11 is 5.84. The van der Waals surface area contributed by atoms with Gasteiger partial charge in [-0.05, 0) is 32.0 Å². The minimum absolute atomic E-state index is 0.0122. The monoisotopic (exact) mass is 380 g/mol. The zero-order chi connectivity index (χ0) is 19.2. The molecule has 9 heteroatoms. The van der Waals surface area contributed by atoms with Crippen molar-refractivity contribution in [2.24, 2.45) is 0 Å². The van der Waals surface area contributed by atoms with E-state index in [1.165, 1.54) is 0 Å². The fourth-order valence-electron chi connectivity index (χ4n) is 2.27. The third-order valence-electron chi connectivity index (χ3n) is 3.60. The number of quaternary nitrogens is 1. The van der Waals surface area contributed by atoms with Crippen LogP contribution in [0.1, 0.15) is 19.4 Å². The fraction of sp³-hybridized carbons (Fsp3) is 0.500. The molecule has 0 aliphatic rings. The number of likely N-dealkylation sites (N-methyl/N-ethyl adjacent to an activating group) is 2. The number of rotatable bonds is 7. The average molecular weight is 381 g/mol. The van der Waals surface area contributed by atoms with Crippen LogP contribution in [0.3, 0.4) is 0 Å². The van der Waals surface area contributed by atoms with Crippen LogP contribution in [0, 0.1) is 0 Å². The SMILES string of the molecule is CCN(CC)C(=O)C[NH+](C)CC(=O)Nc1cc(C(F)(F)F)ccc1Cl. The molecule has 1 aromatic carbocycles. The van der Waals surface area contributed by atoms with E-state index in [9.17, 15) is 22.8 Å². The molecular weight excluding hydrogens is 359 g/mol. The summed E-state index contributed by atoms with van der Waals surface area (Å²) in [5.74, 6) is -0.613. The van der Waals surface area contributed by atoms with E-state index in [1.807, 2.05) is 13.8 Å². The Morgan fingerprint density at radius 2 is 1.80 bits per heavy atom. The van der Waals surface area contributed by atoms with Gasteiger partial charge in [-0.3, -0.25) is 9.59 Å². The lowest BCUT2D eigenvalue weighted by Crippen LogP contribution is -3.11. The summed E-state index contributed by atoms with van der Waals surface area (Å²) in [5.41, 5.74) is -1.01. The molecule has 5 nitrogen and oxygen atoms in total. The predicted octanol–water partition coefficient (Wildman–Crippen LogP) is 1.68. The molecule has 0 aromatic heterocycles. The Kier molecular flexibility index (Phi) is 7.69. The van der Waals surface area contributed by atoms with Gasteiger partial charge in [0.1, 0.15) is 0 Å². The van der Waals surface area contributed by atoms with Crippen molar-refractivity contribution in [1.82, 2.24) is 4.90 Å². The first kappa shape index (κ1) is 21.2. The number of carbonyl (C=O) groups is 2. The molecule has 0 radical (unpaired) electrons. The number of hydrogen-bond acceptors (Lipinski definition) is 2. The number of alkyl halides is 3. The maximum Gasteiger partial charge on any atom is 0.416 e. The van der Waals surface area contributed by atoms with Crippen molar-refractivity contribution < 1.29 is 27.7 Å². The van der Waals surface area contributed by atoms with E-state index in [-0.39, 0.29) is 29.7 Å². The highest BCUT2D eigenvalue weighted by molar-refractivity contribution is 6.33. The summed E-state index contributed by atoms with van der Waals surface area (Å²) in [6.45, 7) is 4.92. The largest absolute Gasteiger partial charge is 0.416 e. The highest BCUT2D eigenvalue weighted by atomic mass is 35.5. The summed E-state index contributed by atoms with van der Waals surface area (Å²) in [6.07, 6.45) is -4.53. The van der Waals surface area contributed by atoms with Gasteiger partial charge in [0.25, 0.3) is 11.8 Å². The van der Waals surface area contributed by atoms with E-state index >= 15 is 0 Å². The molecule has 0 spiro atoms.